The monoisotopic (exact) mass is 322 g/mol. The number of ether oxygens (including phenoxy) is 1. The van der Waals surface area contributed by atoms with Crippen molar-refractivity contribution in [3.63, 3.8) is 0 Å². The quantitative estimate of drug-likeness (QED) is 0.940. The van der Waals surface area contributed by atoms with Crippen LogP contribution in [-0.4, -0.2) is 17.6 Å². The highest BCUT2D eigenvalue weighted by molar-refractivity contribution is 9.10. The number of hydrogen-bond acceptors (Lipinski definition) is 3. The van der Waals surface area contributed by atoms with Crippen LogP contribution in [0, 0.1) is 5.82 Å². The van der Waals surface area contributed by atoms with Crippen molar-refractivity contribution in [3.8, 4) is 5.75 Å². The van der Waals surface area contributed by atoms with Gasteiger partial charge in [0.25, 0.3) is 0 Å². The summed E-state index contributed by atoms with van der Waals surface area (Å²) in [7, 11) is 0. The zero-order chi connectivity index (χ0) is 13.2. The molecule has 1 aromatic heterocycles. The SMILES string of the molecule is Fc1cc(Br)cnc1NCC1Cc2ccccc2O1. The number of nitrogens with zero attached hydrogens (tertiary/aromatic N) is 1. The molecule has 2 aromatic rings. The van der Waals surface area contributed by atoms with Crippen LogP contribution < -0.4 is 10.1 Å². The van der Waals surface area contributed by atoms with Crippen molar-refractivity contribution < 1.29 is 9.13 Å². The molecule has 0 aliphatic carbocycles. The largest absolute Gasteiger partial charge is 0.488 e. The van der Waals surface area contributed by atoms with Crippen LogP contribution in [0.15, 0.2) is 41.0 Å². The Labute approximate surface area is 118 Å². The molecule has 0 spiro atoms. The van der Waals surface area contributed by atoms with Crippen LogP contribution in [0.25, 0.3) is 0 Å². The van der Waals surface area contributed by atoms with Gasteiger partial charge in [0.2, 0.25) is 0 Å². The molecule has 2 heterocycles. The number of pyridine rings is 1. The number of rotatable bonds is 3. The van der Waals surface area contributed by atoms with Gasteiger partial charge in [-0.2, -0.15) is 0 Å². The molecule has 0 amide bonds. The van der Waals surface area contributed by atoms with E-state index in [0.717, 1.165) is 12.2 Å². The molecule has 98 valence electrons. The molecule has 0 saturated carbocycles. The predicted molar refractivity (Wildman–Crippen MR) is 74.9 cm³/mol. The van der Waals surface area contributed by atoms with E-state index in [4.69, 9.17) is 4.74 Å². The highest BCUT2D eigenvalue weighted by Crippen LogP contribution is 2.28. The van der Waals surface area contributed by atoms with Gasteiger partial charge < -0.3 is 10.1 Å². The van der Waals surface area contributed by atoms with E-state index >= 15 is 0 Å². The van der Waals surface area contributed by atoms with E-state index in [9.17, 15) is 4.39 Å². The van der Waals surface area contributed by atoms with Gasteiger partial charge in [0.1, 0.15) is 11.9 Å². The molecule has 19 heavy (non-hydrogen) atoms. The Balaban J connectivity index is 1.63. The normalized spacial score (nSPS) is 16.8. The Bertz CT molecular complexity index is 581. The molecule has 3 nitrogen and oxygen atoms in total. The average molecular weight is 323 g/mol. The highest BCUT2D eigenvalue weighted by atomic mass is 79.9. The third-order valence-corrected chi connectivity index (χ3v) is 3.45. The van der Waals surface area contributed by atoms with Gasteiger partial charge in [0, 0.05) is 17.1 Å². The van der Waals surface area contributed by atoms with Crippen LogP contribution in [0.3, 0.4) is 0 Å². The molecule has 0 fully saturated rings. The first kappa shape index (κ1) is 12.4. The molecule has 1 aliphatic rings. The molecule has 1 atom stereocenters. The summed E-state index contributed by atoms with van der Waals surface area (Å²) in [4.78, 5) is 4.00. The Hall–Kier alpha value is -1.62. The first-order chi connectivity index (χ1) is 9.22. The van der Waals surface area contributed by atoms with Crippen molar-refractivity contribution in [2.75, 3.05) is 11.9 Å². The second kappa shape index (κ2) is 5.17. The van der Waals surface area contributed by atoms with Gasteiger partial charge >= 0.3 is 0 Å². The standard InChI is InChI=1S/C14H12BrFN2O/c15-10-6-12(16)14(17-7-10)18-8-11-5-9-3-1-2-4-13(9)19-11/h1-4,6-7,11H,5,8H2,(H,17,18). The number of nitrogens with one attached hydrogen (secondary N) is 1. The maximum absolute atomic E-state index is 13.6. The average Bonchev–Trinajstić information content (AvgIpc) is 2.80. The van der Waals surface area contributed by atoms with E-state index in [1.165, 1.54) is 11.6 Å². The van der Waals surface area contributed by atoms with Crippen molar-refractivity contribution >= 4 is 21.7 Å². The third kappa shape index (κ3) is 2.71. The molecule has 3 rings (SSSR count). The number of hydrogen-bond donors (Lipinski definition) is 1. The lowest BCUT2D eigenvalue weighted by Gasteiger charge is -2.12. The van der Waals surface area contributed by atoms with Gasteiger partial charge in [-0.1, -0.05) is 18.2 Å². The Morgan fingerprint density at radius 2 is 2.26 bits per heavy atom. The lowest BCUT2D eigenvalue weighted by Crippen LogP contribution is -2.24. The number of para-hydroxylation sites is 1. The van der Waals surface area contributed by atoms with E-state index in [0.29, 0.717) is 11.0 Å². The van der Waals surface area contributed by atoms with Crippen LogP contribution in [0.1, 0.15) is 5.56 Å². The maximum Gasteiger partial charge on any atom is 0.166 e. The Morgan fingerprint density at radius 3 is 3.05 bits per heavy atom. The summed E-state index contributed by atoms with van der Waals surface area (Å²) in [6.07, 6.45) is 2.42. The summed E-state index contributed by atoms with van der Waals surface area (Å²) in [5, 5.41) is 2.98. The van der Waals surface area contributed by atoms with Crippen LogP contribution in [0.4, 0.5) is 10.2 Å². The number of fused-ring (bicyclic) bond motifs is 1. The van der Waals surface area contributed by atoms with Crippen molar-refractivity contribution in [2.24, 2.45) is 0 Å². The number of benzene rings is 1. The van der Waals surface area contributed by atoms with E-state index < -0.39 is 0 Å². The summed E-state index contributed by atoms with van der Waals surface area (Å²) in [6, 6.07) is 9.33. The third-order valence-electron chi connectivity index (χ3n) is 3.02. The van der Waals surface area contributed by atoms with Crippen molar-refractivity contribution in [3.05, 3.63) is 52.4 Å². The molecule has 0 saturated heterocycles. The molecular formula is C14H12BrFN2O. The summed E-state index contributed by atoms with van der Waals surface area (Å²) < 4.78 is 20.0. The Kier molecular flexibility index (Phi) is 3.38. The molecule has 1 aromatic carbocycles. The second-order valence-electron chi connectivity index (χ2n) is 4.42. The zero-order valence-electron chi connectivity index (χ0n) is 10.1. The van der Waals surface area contributed by atoms with Crippen molar-refractivity contribution in [1.82, 2.24) is 4.98 Å². The minimum Gasteiger partial charge on any atom is -0.488 e. The van der Waals surface area contributed by atoms with Gasteiger partial charge in [0.05, 0.1) is 6.54 Å². The lowest BCUT2D eigenvalue weighted by atomic mass is 10.1. The molecule has 0 radical (unpaired) electrons. The first-order valence-electron chi connectivity index (χ1n) is 6.02. The summed E-state index contributed by atoms with van der Waals surface area (Å²) in [5.41, 5.74) is 1.19. The number of anilines is 1. The van der Waals surface area contributed by atoms with Gasteiger partial charge in [-0.3, -0.25) is 0 Å². The molecule has 1 aliphatic heterocycles. The zero-order valence-corrected chi connectivity index (χ0v) is 11.7. The minimum absolute atomic E-state index is 0.0160. The van der Waals surface area contributed by atoms with Crippen LogP contribution >= 0.6 is 15.9 Å². The fourth-order valence-corrected chi connectivity index (χ4v) is 2.43. The summed E-state index contributed by atoms with van der Waals surface area (Å²) >= 11 is 3.18. The van der Waals surface area contributed by atoms with Gasteiger partial charge in [-0.15, -0.1) is 0 Å². The van der Waals surface area contributed by atoms with Crippen molar-refractivity contribution in [1.29, 1.82) is 0 Å². The van der Waals surface area contributed by atoms with Crippen LogP contribution in [0.5, 0.6) is 5.75 Å². The molecular weight excluding hydrogens is 311 g/mol. The summed E-state index contributed by atoms with van der Waals surface area (Å²) in [6.45, 7) is 0.528. The fourth-order valence-electron chi connectivity index (χ4n) is 2.12. The summed E-state index contributed by atoms with van der Waals surface area (Å²) in [5.74, 6) is 0.797. The minimum atomic E-state index is -0.370. The van der Waals surface area contributed by atoms with Gasteiger partial charge in [-0.25, -0.2) is 9.37 Å². The number of halogens is 2. The smallest absolute Gasteiger partial charge is 0.166 e. The van der Waals surface area contributed by atoms with Crippen LogP contribution in [-0.2, 0) is 6.42 Å². The molecule has 1 unspecified atom stereocenters. The van der Waals surface area contributed by atoms with E-state index in [1.807, 2.05) is 24.3 Å². The second-order valence-corrected chi connectivity index (χ2v) is 5.33. The van der Waals surface area contributed by atoms with Crippen molar-refractivity contribution in [2.45, 2.75) is 12.5 Å². The number of aromatic nitrogens is 1. The van der Waals surface area contributed by atoms with E-state index in [1.54, 1.807) is 6.20 Å². The fraction of sp³-hybridized carbons (Fsp3) is 0.214. The molecule has 0 bridgehead atoms. The van der Waals surface area contributed by atoms with E-state index in [2.05, 4.69) is 26.2 Å². The molecule has 1 N–H and O–H groups in total. The van der Waals surface area contributed by atoms with Crippen LogP contribution in [0.2, 0.25) is 0 Å². The van der Waals surface area contributed by atoms with Gasteiger partial charge in [-0.05, 0) is 33.6 Å². The molecule has 5 heteroatoms. The predicted octanol–water partition coefficient (Wildman–Crippen LogP) is 3.40. The maximum atomic E-state index is 13.6. The van der Waals surface area contributed by atoms with E-state index in [-0.39, 0.29) is 17.7 Å². The first-order valence-corrected chi connectivity index (χ1v) is 6.81. The highest BCUT2D eigenvalue weighted by Gasteiger charge is 2.22. The Morgan fingerprint density at radius 1 is 1.42 bits per heavy atom. The topological polar surface area (TPSA) is 34.2 Å². The lowest BCUT2D eigenvalue weighted by molar-refractivity contribution is 0.246. The van der Waals surface area contributed by atoms with Gasteiger partial charge in [0.15, 0.2) is 11.6 Å².